The minimum atomic E-state index is -0.488. The zero-order valence-corrected chi connectivity index (χ0v) is 12.1. The third kappa shape index (κ3) is 4.91. The second kappa shape index (κ2) is 8.19. The fourth-order valence-corrected chi connectivity index (χ4v) is 1.68. The first-order valence-corrected chi connectivity index (χ1v) is 6.63. The molecule has 0 saturated heterocycles. The van der Waals surface area contributed by atoms with Crippen LogP contribution in [-0.4, -0.2) is 32.1 Å². The number of esters is 1. The molecule has 0 aliphatic rings. The highest BCUT2D eigenvalue weighted by Gasteiger charge is 2.11. The van der Waals surface area contributed by atoms with E-state index in [1.807, 2.05) is 24.3 Å². The average molecular weight is 279 g/mol. The fourth-order valence-electron chi connectivity index (χ4n) is 1.68. The molecular weight excluding hydrogens is 258 g/mol. The van der Waals surface area contributed by atoms with Crippen LogP contribution in [0, 0.1) is 0 Å². The Kier molecular flexibility index (Phi) is 6.56. The highest BCUT2D eigenvalue weighted by molar-refractivity contribution is 5.82. The lowest BCUT2D eigenvalue weighted by Crippen LogP contribution is -2.33. The van der Waals surface area contributed by atoms with E-state index in [-0.39, 0.29) is 19.1 Å². The molecule has 110 valence electrons. The maximum Gasteiger partial charge on any atom is 0.325 e. The van der Waals surface area contributed by atoms with Crippen molar-refractivity contribution in [1.82, 2.24) is 5.32 Å². The van der Waals surface area contributed by atoms with Crippen LogP contribution in [0.1, 0.15) is 31.7 Å². The third-order valence-electron chi connectivity index (χ3n) is 3.08. The van der Waals surface area contributed by atoms with Gasteiger partial charge < -0.3 is 14.8 Å². The number of hydrogen-bond acceptors (Lipinski definition) is 4. The van der Waals surface area contributed by atoms with E-state index in [1.165, 1.54) is 7.11 Å². The van der Waals surface area contributed by atoms with Crippen molar-refractivity contribution >= 4 is 11.9 Å². The van der Waals surface area contributed by atoms with Crippen LogP contribution in [0.2, 0.25) is 0 Å². The fraction of sp³-hybridized carbons (Fsp3) is 0.467. The van der Waals surface area contributed by atoms with E-state index in [0.29, 0.717) is 11.7 Å². The molecule has 0 radical (unpaired) electrons. The van der Waals surface area contributed by atoms with E-state index in [9.17, 15) is 9.59 Å². The third-order valence-corrected chi connectivity index (χ3v) is 3.08. The predicted molar refractivity (Wildman–Crippen MR) is 75.7 cm³/mol. The van der Waals surface area contributed by atoms with Gasteiger partial charge in [0.2, 0.25) is 0 Å². The molecule has 0 heterocycles. The first-order chi connectivity index (χ1) is 9.58. The van der Waals surface area contributed by atoms with Gasteiger partial charge >= 0.3 is 5.97 Å². The molecule has 20 heavy (non-hydrogen) atoms. The second-order valence-corrected chi connectivity index (χ2v) is 4.49. The number of amides is 1. The van der Waals surface area contributed by atoms with Crippen LogP contribution in [0.3, 0.4) is 0 Å². The van der Waals surface area contributed by atoms with Gasteiger partial charge in [0.15, 0.2) is 6.61 Å². The SMILES string of the molecule is CCC(C)c1ccccc1OCC(=O)NCC(=O)OC. The van der Waals surface area contributed by atoms with Gasteiger partial charge in [-0.2, -0.15) is 0 Å². The van der Waals surface area contributed by atoms with Gasteiger partial charge in [0, 0.05) is 0 Å². The second-order valence-electron chi connectivity index (χ2n) is 4.49. The van der Waals surface area contributed by atoms with E-state index in [2.05, 4.69) is 23.9 Å². The lowest BCUT2D eigenvalue weighted by Gasteiger charge is -2.15. The van der Waals surface area contributed by atoms with Crippen LogP contribution in [0.15, 0.2) is 24.3 Å². The van der Waals surface area contributed by atoms with Gasteiger partial charge in [-0.05, 0) is 24.0 Å². The average Bonchev–Trinajstić information content (AvgIpc) is 2.49. The van der Waals surface area contributed by atoms with Crippen molar-refractivity contribution in [2.45, 2.75) is 26.2 Å². The summed E-state index contributed by atoms with van der Waals surface area (Å²) in [7, 11) is 1.27. The molecule has 1 unspecified atom stereocenters. The Morgan fingerprint density at radius 2 is 2.00 bits per heavy atom. The van der Waals surface area contributed by atoms with Gasteiger partial charge in [-0.1, -0.05) is 32.0 Å². The van der Waals surface area contributed by atoms with Gasteiger partial charge in [0.25, 0.3) is 5.91 Å². The number of nitrogens with one attached hydrogen (secondary N) is 1. The summed E-state index contributed by atoms with van der Waals surface area (Å²) in [6, 6.07) is 7.66. The van der Waals surface area contributed by atoms with E-state index < -0.39 is 5.97 Å². The summed E-state index contributed by atoms with van der Waals surface area (Å²) in [5, 5.41) is 2.43. The molecule has 0 fully saturated rings. The van der Waals surface area contributed by atoms with Crippen LogP contribution < -0.4 is 10.1 Å². The quantitative estimate of drug-likeness (QED) is 0.774. The molecule has 0 aliphatic carbocycles. The molecule has 5 nitrogen and oxygen atoms in total. The molecule has 1 amide bonds. The Hall–Kier alpha value is -2.04. The van der Waals surface area contributed by atoms with E-state index in [1.54, 1.807) is 0 Å². The maximum absolute atomic E-state index is 11.5. The monoisotopic (exact) mass is 279 g/mol. The summed E-state index contributed by atoms with van der Waals surface area (Å²) < 4.78 is 9.96. The zero-order chi connectivity index (χ0) is 15.0. The number of carbonyl (C=O) groups is 2. The Morgan fingerprint density at radius 3 is 2.65 bits per heavy atom. The number of hydrogen-bond donors (Lipinski definition) is 1. The highest BCUT2D eigenvalue weighted by atomic mass is 16.5. The number of methoxy groups -OCH3 is 1. The van der Waals surface area contributed by atoms with Crippen molar-refractivity contribution in [3.8, 4) is 5.75 Å². The number of carbonyl (C=O) groups excluding carboxylic acids is 2. The number of para-hydroxylation sites is 1. The number of rotatable bonds is 7. The topological polar surface area (TPSA) is 64.6 Å². The summed E-state index contributed by atoms with van der Waals surface area (Å²) in [5.74, 6) is 0.229. The minimum Gasteiger partial charge on any atom is -0.483 e. The van der Waals surface area contributed by atoms with Crippen molar-refractivity contribution in [3.05, 3.63) is 29.8 Å². The lowest BCUT2D eigenvalue weighted by molar-refractivity contribution is -0.141. The summed E-state index contributed by atoms with van der Waals surface area (Å²) in [6.45, 7) is 3.94. The molecule has 1 aromatic rings. The van der Waals surface area contributed by atoms with Crippen LogP contribution in [-0.2, 0) is 14.3 Å². The zero-order valence-electron chi connectivity index (χ0n) is 12.1. The molecule has 5 heteroatoms. The van der Waals surface area contributed by atoms with Gasteiger partial charge in [0.05, 0.1) is 7.11 Å². The molecule has 1 rings (SSSR count). The minimum absolute atomic E-state index is 0.121. The van der Waals surface area contributed by atoms with Gasteiger partial charge in [-0.15, -0.1) is 0 Å². The summed E-state index contributed by atoms with van der Waals surface area (Å²) in [6.07, 6.45) is 0.995. The van der Waals surface area contributed by atoms with Crippen molar-refractivity contribution < 1.29 is 19.1 Å². The number of ether oxygens (including phenoxy) is 2. The van der Waals surface area contributed by atoms with Crippen molar-refractivity contribution in [3.63, 3.8) is 0 Å². The Labute approximate surface area is 119 Å². The summed E-state index contributed by atoms with van der Waals surface area (Å²) >= 11 is 0. The Balaban J connectivity index is 2.53. The Morgan fingerprint density at radius 1 is 1.30 bits per heavy atom. The van der Waals surface area contributed by atoms with E-state index in [4.69, 9.17) is 4.74 Å². The van der Waals surface area contributed by atoms with Crippen molar-refractivity contribution in [1.29, 1.82) is 0 Å². The predicted octanol–water partition coefficient (Wildman–Crippen LogP) is 1.87. The molecule has 0 aromatic heterocycles. The van der Waals surface area contributed by atoms with Crippen LogP contribution in [0.4, 0.5) is 0 Å². The van der Waals surface area contributed by atoms with Gasteiger partial charge in [0.1, 0.15) is 12.3 Å². The highest BCUT2D eigenvalue weighted by Crippen LogP contribution is 2.28. The van der Waals surface area contributed by atoms with Gasteiger partial charge in [-0.3, -0.25) is 9.59 Å². The molecule has 1 atom stereocenters. The summed E-state index contributed by atoms with van der Waals surface area (Å²) in [5.41, 5.74) is 1.08. The van der Waals surface area contributed by atoms with Crippen molar-refractivity contribution in [2.75, 3.05) is 20.3 Å². The molecular formula is C15H21NO4. The molecule has 0 spiro atoms. The normalized spacial score (nSPS) is 11.6. The van der Waals surface area contributed by atoms with Crippen LogP contribution >= 0.6 is 0 Å². The number of benzene rings is 1. The maximum atomic E-state index is 11.5. The van der Waals surface area contributed by atoms with E-state index in [0.717, 1.165) is 12.0 Å². The van der Waals surface area contributed by atoms with Gasteiger partial charge in [-0.25, -0.2) is 0 Å². The smallest absolute Gasteiger partial charge is 0.325 e. The largest absolute Gasteiger partial charge is 0.483 e. The lowest BCUT2D eigenvalue weighted by atomic mass is 9.98. The van der Waals surface area contributed by atoms with Crippen LogP contribution in [0.5, 0.6) is 5.75 Å². The molecule has 0 saturated carbocycles. The molecule has 1 aromatic carbocycles. The van der Waals surface area contributed by atoms with E-state index >= 15 is 0 Å². The summed E-state index contributed by atoms with van der Waals surface area (Å²) in [4.78, 5) is 22.4. The standard InChI is InChI=1S/C15H21NO4/c1-4-11(2)12-7-5-6-8-13(12)20-10-14(17)16-9-15(18)19-3/h5-8,11H,4,9-10H2,1-3H3,(H,16,17). The molecule has 0 aliphatic heterocycles. The molecule has 1 N–H and O–H groups in total. The molecule has 0 bridgehead atoms. The first kappa shape index (κ1) is 16.0. The first-order valence-electron chi connectivity index (χ1n) is 6.63. The Bertz CT molecular complexity index is 459. The van der Waals surface area contributed by atoms with Crippen LogP contribution in [0.25, 0.3) is 0 Å². The van der Waals surface area contributed by atoms with Crippen molar-refractivity contribution in [2.24, 2.45) is 0 Å².